The lowest BCUT2D eigenvalue weighted by molar-refractivity contribution is -0.142. The number of hydrogen-bond acceptors (Lipinski definition) is 5. The van der Waals surface area contributed by atoms with Crippen molar-refractivity contribution in [1.82, 2.24) is 10.7 Å². The van der Waals surface area contributed by atoms with Crippen LogP contribution in [0.2, 0.25) is 0 Å². The Labute approximate surface area is 173 Å². The van der Waals surface area contributed by atoms with E-state index in [0.717, 1.165) is 11.1 Å². The molecule has 7 heteroatoms. The Kier molecular flexibility index (Phi) is 12.7. The molecule has 0 radical (unpaired) electrons. The summed E-state index contributed by atoms with van der Waals surface area (Å²) in [6.07, 6.45) is 0.866. The molecule has 28 heavy (non-hydrogen) atoms. The summed E-state index contributed by atoms with van der Waals surface area (Å²) in [5.74, 6) is -0.916. The van der Waals surface area contributed by atoms with E-state index >= 15 is 0 Å². The summed E-state index contributed by atoms with van der Waals surface area (Å²) in [4.78, 5) is 23.9. The number of carbonyl (C=O) groups excluding carboxylic acids is 1. The largest absolute Gasteiger partial charge is 0.480 e. The first-order valence-electron chi connectivity index (χ1n) is 9.42. The van der Waals surface area contributed by atoms with Crippen molar-refractivity contribution in [3.05, 3.63) is 42.0 Å². The highest BCUT2D eigenvalue weighted by Gasteiger charge is 2.25. The highest BCUT2D eigenvalue weighted by Crippen LogP contribution is 2.15. The number of hydrazone groups is 1. The number of carbonyl (C=O) groups is 2. The van der Waals surface area contributed by atoms with E-state index in [4.69, 9.17) is 0 Å². The van der Waals surface area contributed by atoms with Crippen LogP contribution >= 0.6 is 12.6 Å². The molecule has 156 valence electrons. The van der Waals surface area contributed by atoms with E-state index in [1.54, 1.807) is 12.1 Å². The monoisotopic (exact) mass is 407 g/mol. The van der Waals surface area contributed by atoms with Gasteiger partial charge in [0.15, 0.2) is 0 Å². The molecule has 0 fully saturated rings. The van der Waals surface area contributed by atoms with E-state index in [1.807, 2.05) is 39.8 Å². The van der Waals surface area contributed by atoms with Crippen LogP contribution in [-0.4, -0.2) is 35.5 Å². The molecule has 1 rings (SSSR count). The minimum Gasteiger partial charge on any atom is -0.480 e. The SMILES string of the molecule is C=NNC(=C)c1ccc(CC(NC(=O)[C@@H](CS)CC(C)C)C(=O)O)cc1.CC. The van der Waals surface area contributed by atoms with Gasteiger partial charge in [-0.15, -0.1) is 0 Å². The fourth-order valence-corrected chi connectivity index (χ4v) is 2.88. The van der Waals surface area contributed by atoms with Crippen molar-refractivity contribution >= 4 is 36.9 Å². The van der Waals surface area contributed by atoms with Crippen LogP contribution < -0.4 is 10.7 Å². The third-order valence-corrected chi connectivity index (χ3v) is 4.36. The number of nitrogens with zero attached hydrogens (tertiary/aromatic N) is 1. The quantitative estimate of drug-likeness (QED) is 0.256. The molecule has 0 saturated heterocycles. The number of nitrogens with one attached hydrogen (secondary N) is 2. The van der Waals surface area contributed by atoms with Crippen molar-refractivity contribution in [3.63, 3.8) is 0 Å². The summed E-state index contributed by atoms with van der Waals surface area (Å²) < 4.78 is 0. The predicted molar refractivity (Wildman–Crippen MR) is 120 cm³/mol. The van der Waals surface area contributed by atoms with Crippen molar-refractivity contribution in [1.29, 1.82) is 0 Å². The van der Waals surface area contributed by atoms with Crippen LogP contribution in [0.4, 0.5) is 0 Å². The van der Waals surface area contributed by atoms with Crippen LogP contribution in [0.5, 0.6) is 0 Å². The van der Waals surface area contributed by atoms with E-state index in [9.17, 15) is 14.7 Å². The first kappa shape index (κ1) is 25.7. The third-order valence-electron chi connectivity index (χ3n) is 3.92. The summed E-state index contributed by atoms with van der Waals surface area (Å²) >= 11 is 4.22. The molecule has 1 unspecified atom stereocenters. The third kappa shape index (κ3) is 9.08. The van der Waals surface area contributed by atoms with Crippen LogP contribution in [0.1, 0.15) is 45.2 Å². The molecule has 0 aliphatic rings. The molecule has 0 heterocycles. The molecule has 0 spiro atoms. The lowest BCUT2D eigenvalue weighted by Crippen LogP contribution is -2.45. The van der Waals surface area contributed by atoms with Gasteiger partial charge in [-0.2, -0.15) is 17.7 Å². The van der Waals surface area contributed by atoms with Crippen LogP contribution in [-0.2, 0) is 16.0 Å². The fraction of sp³-hybridized carbons (Fsp3) is 0.476. The van der Waals surface area contributed by atoms with Gasteiger partial charge in [-0.1, -0.05) is 58.5 Å². The zero-order valence-corrected chi connectivity index (χ0v) is 18.1. The Balaban J connectivity index is 0.00000352. The second-order valence-electron chi connectivity index (χ2n) is 6.56. The van der Waals surface area contributed by atoms with Crippen molar-refractivity contribution in [2.24, 2.45) is 16.9 Å². The number of carboxylic acids is 1. The number of thiol groups is 1. The number of benzene rings is 1. The highest BCUT2D eigenvalue weighted by atomic mass is 32.1. The summed E-state index contributed by atoms with van der Waals surface area (Å²) in [5, 5.41) is 15.6. The maximum absolute atomic E-state index is 12.4. The number of hydrogen-bond donors (Lipinski definition) is 4. The predicted octanol–water partition coefficient (Wildman–Crippen LogP) is 3.59. The number of rotatable bonds is 11. The van der Waals surface area contributed by atoms with Gasteiger partial charge in [-0.05, 0) is 23.5 Å². The van der Waals surface area contributed by atoms with Crippen molar-refractivity contribution in [2.75, 3.05) is 5.75 Å². The van der Waals surface area contributed by atoms with E-state index in [2.05, 4.69) is 41.8 Å². The van der Waals surface area contributed by atoms with Crippen LogP contribution in [0, 0.1) is 11.8 Å². The molecule has 1 aromatic rings. The lowest BCUT2D eigenvalue weighted by Gasteiger charge is -2.20. The van der Waals surface area contributed by atoms with Gasteiger partial charge in [0.25, 0.3) is 0 Å². The normalized spacial score (nSPS) is 12.2. The van der Waals surface area contributed by atoms with E-state index in [-0.39, 0.29) is 18.2 Å². The van der Waals surface area contributed by atoms with Crippen molar-refractivity contribution in [3.8, 4) is 0 Å². The van der Waals surface area contributed by atoms with Crippen LogP contribution in [0.15, 0.2) is 35.9 Å². The second-order valence-corrected chi connectivity index (χ2v) is 6.92. The molecule has 0 saturated carbocycles. The molecule has 1 aromatic carbocycles. The lowest BCUT2D eigenvalue weighted by atomic mass is 9.97. The zero-order chi connectivity index (χ0) is 21.7. The van der Waals surface area contributed by atoms with E-state index in [1.165, 1.54) is 0 Å². The van der Waals surface area contributed by atoms with Gasteiger partial charge in [0.1, 0.15) is 6.04 Å². The number of amides is 1. The standard InChI is InChI=1S/C19H27N3O3S.C2H6/c1-12(2)9-16(11-26)18(23)21-17(19(24)25)10-14-5-7-15(8-6-14)13(3)22-20-4;1-2/h5-8,12,16-17,22,26H,3-4,9-11H2,1-2H3,(H,21,23)(H,24,25);1-2H3/t16-,17?;/m1./s1. The molecule has 3 N–H and O–H groups in total. The second kappa shape index (κ2) is 13.8. The van der Waals surface area contributed by atoms with Crippen LogP contribution in [0.3, 0.4) is 0 Å². The Morgan fingerprint density at radius 2 is 1.79 bits per heavy atom. The van der Waals surface area contributed by atoms with E-state index in [0.29, 0.717) is 23.8 Å². The Morgan fingerprint density at radius 3 is 2.21 bits per heavy atom. The molecule has 1 amide bonds. The first-order valence-corrected chi connectivity index (χ1v) is 10.1. The average molecular weight is 408 g/mol. The summed E-state index contributed by atoms with van der Waals surface area (Å²) in [6, 6.07) is 6.24. The average Bonchev–Trinajstić information content (AvgIpc) is 2.67. The fourth-order valence-electron chi connectivity index (χ4n) is 2.56. The van der Waals surface area contributed by atoms with Gasteiger partial charge < -0.3 is 10.4 Å². The number of carboxylic acid groups (broad SMARTS) is 1. The summed E-state index contributed by atoms with van der Waals surface area (Å²) in [6.45, 7) is 15.2. The van der Waals surface area contributed by atoms with Crippen molar-refractivity contribution < 1.29 is 14.7 Å². The maximum Gasteiger partial charge on any atom is 0.326 e. The Hall–Kier alpha value is -2.28. The van der Waals surface area contributed by atoms with Gasteiger partial charge in [-0.25, -0.2) is 4.79 Å². The molecule has 6 nitrogen and oxygen atoms in total. The van der Waals surface area contributed by atoms with Gasteiger partial charge in [0.2, 0.25) is 5.91 Å². The summed E-state index contributed by atoms with van der Waals surface area (Å²) in [7, 11) is 0. The molecule has 2 atom stereocenters. The first-order chi connectivity index (χ1) is 13.3. The summed E-state index contributed by atoms with van der Waals surface area (Å²) in [5.41, 5.74) is 4.88. The minimum absolute atomic E-state index is 0.196. The molecule has 0 aliphatic heterocycles. The Bertz CT molecular complexity index is 645. The molecular weight excluding hydrogens is 374 g/mol. The topological polar surface area (TPSA) is 90.8 Å². The van der Waals surface area contributed by atoms with Gasteiger partial charge in [-0.3, -0.25) is 10.2 Å². The Morgan fingerprint density at radius 1 is 1.21 bits per heavy atom. The van der Waals surface area contributed by atoms with Gasteiger partial charge >= 0.3 is 5.97 Å². The van der Waals surface area contributed by atoms with Gasteiger partial charge in [0, 0.05) is 24.8 Å². The van der Waals surface area contributed by atoms with Crippen molar-refractivity contribution in [2.45, 2.75) is 46.6 Å². The molecular formula is C21H33N3O3S. The molecule has 0 bridgehead atoms. The van der Waals surface area contributed by atoms with Gasteiger partial charge in [0.05, 0.1) is 5.70 Å². The van der Waals surface area contributed by atoms with Crippen LogP contribution in [0.25, 0.3) is 5.70 Å². The van der Waals surface area contributed by atoms with E-state index < -0.39 is 12.0 Å². The maximum atomic E-state index is 12.4. The smallest absolute Gasteiger partial charge is 0.326 e. The minimum atomic E-state index is -1.06. The number of aliphatic carboxylic acids is 1. The molecule has 0 aliphatic carbocycles. The molecule has 0 aromatic heterocycles. The zero-order valence-electron chi connectivity index (χ0n) is 17.2. The highest BCUT2D eigenvalue weighted by molar-refractivity contribution is 7.80.